The van der Waals surface area contributed by atoms with Gasteiger partial charge in [-0.2, -0.15) is 0 Å². The van der Waals surface area contributed by atoms with E-state index in [1.807, 2.05) is 0 Å². The third-order valence-corrected chi connectivity index (χ3v) is 10.8. The highest BCUT2D eigenvalue weighted by Crippen LogP contribution is 2.09. The van der Waals surface area contributed by atoms with Gasteiger partial charge in [-0.25, -0.2) is 0 Å². The first-order valence-corrected chi connectivity index (χ1v) is 13.1. The minimum Gasteiger partial charge on any atom is -0.416 e. The lowest BCUT2D eigenvalue weighted by molar-refractivity contribution is 0.258. The molecule has 0 aromatic heterocycles. The molecule has 0 unspecified atom stereocenters. The number of benzene rings is 2. The summed E-state index contributed by atoms with van der Waals surface area (Å²) in [7, 11) is -2.33. The molecule has 2 aromatic carbocycles. The summed E-state index contributed by atoms with van der Waals surface area (Å²) < 4.78 is 18.4. The first-order valence-electron chi connectivity index (χ1n) is 9.25. The van der Waals surface area contributed by atoms with Gasteiger partial charge in [0.1, 0.15) is 0 Å². The van der Waals surface area contributed by atoms with Crippen LogP contribution >= 0.6 is 0 Å². The smallest absolute Gasteiger partial charge is 0.193 e. The number of hydrogen-bond acceptors (Lipinski definition) is 3. The lowest BCUT2D eigenvalue weighted by Gasteiger charge is -2.20. The molecule has 3 nitrogen and oxygen atoms in total. The standard InChI is InChI=1S/C19H32O3Si3/c1-12(2)20-23-17-11-15-9-7-8-10-16(15)18(24-21-13(3)4)19(17)25-22-14(5)6/h7-14H,23-25H2,1-6H3. The lowest BCUT2D eigenvalue weighted by Crippen LogP contribution is -2.51. The second-order valence-corrected chi connectivity index (χ2v) is 11.3. The highest BCUT2D eigenvalue weighted by molar-refractivity contribution is 6.71. The van der Waals surface area contributed by atoms with Crippen molar-refractivity contribution in [1.29, 1.82) is 0 Å². The van der Waals surface area contributed by atoms with Crippen LogP contribution in [0.2, 0.25) is 0 Å². The van der Waals surface area contributed by atoms with Crippen LogP contribution in [0.15, 0.2) is 30.3 Å². The molecule has 25 heavy (non-hydrogen) atoms. The molecule has 0 spiro atoms. The lowest BCUT2D eigenvalue weighted by atomic mass is 10.1. The predicted octanol–water partition coefficient (Wildman–Crippen LogP) is 0.242. The van der Waals surface area contributed by atoms with E-state index in [1.165, 1.54) is 26.3 Å². The van der Waals surface area contributed by atoms with Gasteiger partial charge >= 0.3 is 0 Å². The van der Waals surface area contributed by atoms with E-state index in [0.717, 1.165) is 0 Å². The summed E-state index contributed by atoms with van der Waals surface area (Å²) >= 11 is 0. The summed E-state index contributed by atoms with van der Waals surface area (Å²) in [6.07, 6.45) is 0.837. The maximum Gasteiger partial charge on any atom is 0.193 e. The van der Waals surface area contributed by atoms with Gasteiger partial charge in [-0.1, -0.05) is 30.3 Å². The van der Waals surface area contributed by atoms with Crippen molar-refractivity contribution in [2.75, 3.05) is 0 Å². The zero-order valence-corrected chi connectivity index (χ0v) is 20.7. The molecule has 6 heteroatoms. The van der Waals surface area contributed by atoms with E-state index in [1.54, 1.807) is 0 Å². The van der Waals surface area contributed by atoms with E-state index in [9.17, 15) is 0 Å². The molecule has 0 aliphatic rings. The van der Waals surface area contributed by atoms with Crippen LogP contribution in [0.5, 0.6) is 0 Å². The summed E-state index contributed by atoms with van der Waals surface area (Å²) in [5, 5.41) is 7.01. The SMILES string of the molecule is CC(C)O[SiH2]c1cc2ccccc2c([SiH2]OC(C)C)c1[SiH2]OC(C)C. The van der Waals surface area contributed by atoms with E-state index < -0.39 is 29.3 Å². The molecule has 0 atom stereocenters. The largest absolute Gasteiger partial charge is 0.416 e. The third kappa shape index (κ3) is 6.16. The van der Waals surface area contributed by atoms with Crippen LogP contribution in [0.4, 0.5) is 0 Å². The molecule has 0 fully saturated rings. The van der Waals surface area contributed by atoms with Gasteiger partial charge in [-0.15, -0.1) is 0 Å². The van der Waals surface area contributed by atoms with E-state index in [4.69, 9.17) is 13.3 Å². The Morgan fingerprint density at radius 2 is 1.20 bits per heavy atom. The average Bonchev–Trinajstić information content (AvgIpc) is 2.55. The molecule has 2 aromatic rings. The van der Waals surface area contributed by atoms with E-state index >= 15 is 0 Å². The first kappa shape index (κ1) is 20.5. The second kappa shape index (κ2) is 9.80. The number of hydrogen-bond donors (Lipinski definition) is 0. The Labute approximate surface area is 159 Å². The van der Waals surface area contributed by atoms with Crippen molar-refractivity contribution in [3.8, 4) is 0 Å². The molecule has 0 aliphatic carbocycles. The normalized spacial score (nSPS) is 13.5. The fourth-order valence-corrected chi connectivity index (χ4v) is 7.97. The molecule has 0 saturated carbocycles. The summed E-state index contributed by atoms with van der Waals surface area (Å²) in [5.74, 6) is 0. The fraction of sp³-hybridized carbons (Fsp3) is 0.474. The van der Waals surface area contributed by atoms with Crippen LogP contribution in [0.3, 0.4) is 0 Å². The summed E-state index contributed by atoms with van der Waals surface area (Å²) in [5.41, 5.74) is 0. The first-order chi connectivity index (χ1) is 11.9. The van der Waals surface area contributed by atoms with Crippen LogP contribution in [0, 0.1) is 0 Å². The van der Waals surface area contributed by atoms with Gasteiger partial charge in [-0.3, -0.25) is 0 Å². The van der Waals surface area contributed by atoms with Crippen LogP contribution in [0.25, 0.3) is 10.8 Å². The second-order valence-electron chi connectivity index (χ2n) is 7.29. The molecule has 2 rings (SSSR count). The molecule has 0 heterocycles. The van der Waals surface area contributed by atoms with Crippen LogP contribution in [-0.2, 0) is 13.3 Å². The minimum atomic E-state index is -0.791. The van der Waals surface area contributed by atoms with Crippen molar-refractivity contribution in [2.24, 2.45) is 0 Å². The Morgan fingerprint density at radius 3 is 1.80 bits per heavy atom. The zero-order valence-electron chi connectivity index (χ0n) is 16.5. The van der Waals surface area contributed by atoms with Gasteiger partial charge in [0.2, 0.25) is 0 Å². The Kier molecular flexibility index (Phi) is 8.05. The van der Waals surface area contributed by atoms with Crippen molar-refractivity contribution < 1.29 is 13.3 Å². The van der Waals surface area contributed by atoms with Crippen molar-refractivity contribution in [3.05, 3.63) is 30.3 Å². The summed E-state index contributed by atoms with van der Waals surface area (Å²) in [4.78, 5) is 0. The molecule has 0 N–H and O–H groups in total. The van der Waals surface area contributed by atoms with Crippen LogP contribution < -0.4 is 15.6 Å². The van der Waals surface area contributed by atoms with Gasteiger partial charge in [0.05, 0.1) is 0 Å². The van der Waals surface area contributed by atoms with Crippen LogP contribution in [-0.4, -0.2) is 47.6 Å². The molecule has 0 bridgehead atoms. The highest BCUT2D eigenvalue weighted by Gasteiger charge is 2.17. The van der Waals surface area contributed by atoms with Gasteiger partial charge in [0.15, 0.2) is 29.3 Å². The monoisotopic (exact) mass is 392 g/mol. The van der Waals surface area contributed by atoms with Crippen molar-refractivity contribution in [2.45, 2.75) is 59.9 Å². The number of fused-ring (bicyclic) bond motifs is 1. The Morgan fingerprint density at radius 1 is 0.680 bits per heavy atom. The zero-order chi connectivity index (χ0) is 18.4. The molecule has 138 valence electrons. The highest BCUT2D eigenvalue weighted by atomic mass is 28.2. The summed E-state index contributed by atoms with van der Waals surface area (Å²) in [6.45, 7) is 12.7. The molecular formula is C19H32O3Si3. The topological polar surface area (TPSA) is 27.7 Å². The average molecular weight is 393 g/mol. The van der Waals surface area contributed by atoms with Crippen molar-refractivity contribution in [1.82, 2.24) is 0 Å². The van der Waals surface area contributed by atoms with Crippen molar-refractivity contribution in [3.63, 3.8) is 0 Å². The Bertz CT molecular complexity index is 687. The summed E-state index contributed by atoms with van der Waals surface area (Å²) in [6, 6.07) is 11.1. The maximum absolute atomic E-state index is 6.14. The Hall–Kier alpha value is -0.769. The molecule has 0 amide bonds. The predicted molar refractivity (Wildman–Crippen MR) is 117 cm³/mol. The van der Waals surface area contributed by atoms with Crippen LogP contribution in [0.1, 0.15) is 41.5 Å². The molecule has 0 aliphatic heterocycles. The minimum absolute atomic E-state index is 0.277. The molecule has 0 saturated heterocycles. The van der Waals surface area contributed by atoms with Gasteiger partial charge in [0, 0.05) is 18.3 Å². The quantitative estimate of drug-likeness (QED) is 0.572. The third-order valence-electron chi connectivity index (χ3n) is 4.06. The number of rotatable bonds is 9. The Balaban J connectivity index is 2.51. The van der Waals surface area contributed by atoms with Gasteiger partial charge in [-0.05, 0) is 67.9 Å². The van der Waals surface area contributed by atoms with Crippen molar-refractivity contribution >= 4 is 55.6 Å². The van der Waals surface area contributed by atoms with E-state index in [2.05, 4.69) is 71.9 Å². The fourth-order valence-electron chi connectivity index (χ4n) is 2.76. The van der Waals surface area contributed by atoms with E-state index in [-0.39, 0.29) is 18.3 Å². The maximum atomic E-state index is 6.14. The van der Waals surface area contributed by atoms with Gasteiger partial charge < -0.3 is 13.3 Å². The molecule has 0 radical (unpaired) electrons. The van der Waals surface area contributed by atoms with E-state index in [0.29, 0.717) is 0 Å². The van der Waals surface area contributed by atoms with Gasteiger partial charge in [0.25, 0.3) is 0 Å². The molecular weight excluding hydrogens is 360 g/mol.